The number of hydrogen-bond donors (Lipinski definition) is 0. The van der Waals surface area contributed by atoms with Gasteiger partial charge >= 0.3 is 0 Å². The molecule has 0 aliphatic rings. The van der Waals surface area contributed by atoms with Gasteiger partial charge < -0.3 is 4.74 Å². The van der Waals surface area contributed by atoms with Gasteiger partial charge in [0.25, 0.3) is 0 Å². The van der Waals surface area contributed by atoms with Gasteiger partial charge in [0.1, 0.15) is 5.75 Å². The lowest BCUT2D eigenvalue weighted by Crippen LogP contribution is -1.89. The van der Waals surface area contributed by atoms with Crippen molar-refractivity contribution in [3.8, 4) is 5.75 Å². The van der Waals surface area contributed by atoms with E-state index in [9.17, 15) is 0 Å². The number of benzene rings is 1. The average Bonchev–Trinajstić information content (AvgIpc) is 2.35. The van der Waals surface area contributed by atoms with Gasteiger partial charge in [-0.3, -0.25) is 0 Å². The Kier molecular flexibility index (Phi) is 4.88. The van der Waals surface area contributed by atoms with Crippen LogP contribution in [0.15, 0.2) is 39.8 Å². The zero-order valence-electron chi connectivity index (χ0n) is 11.2. The van der Waals surface area contributed by atoms with E-state index in [2.05, 4.69) is 52.1 Å². The minimum atomic E-state index is 0.860. The zero-order valence-corrected chi connectivity index (χ0v) is 13.6. The van der Waals surface area contributed by atoms with Crippen molar-refractivity contribution in [3.63, 3.8) is 0 Å². The predicted octanol–water partition coefficient (Wildman–Crippen LogP) is 4.76. The molecule has 0 fully saturated rings. The standard InChI is InChI=1S/C15H16BrNOS/c1-10-6-11(2)17-15(7-10)19-9-12-4-5-14(18-3)13(16)8-12/h4-8H,9H2,1-3H3. The Bertz CT molecular complexity index is 566. The number of aromatic nitrogens is 1. The van der Waals surface area contributed by atoms with Crippen LogP contribution in [0.3, 0.4) is 0 Å². The van der Waals surface area contributed by atoms with Gasteiger partial charge in [-0.2, -0.15) is 0 Å². The highest BCUT2D eigenvalue weighted by Gasteiger charge is 2.03. The van der Waals surface area contributed by atoms with Crippen LogP contribution in [0.2, 0.25) is 0 Å². The van der Waals surface area contributed by atoms with E-state index in [4.69, 9.17) is 4.74 Å². The molecule has 0 N–H and O–H groups in total. The van der Waals surface area contributed by atoms with E-state index < -0.39 is 0 Å². The van der Waals surface area contributed by atoms with Crippen molar-refractivity contribution in [1.82, 2.24) is 4.98 Å². The molecule has 0 saturated heterocycles. The summed E-state index contributed by atoms with van der Waals surface area (Å²) < 4.78 is 6.22. The molecular weight excluding hydrogens is 322 g/mol. The summed E-state index contributed by atoms with van der Waals surface area (Å²) in [5.41, 5.74) is 3.57. The van der Waals surface area contributed by atoms with Crippen LogP contribution in [0.5, 0.6) is 5.75 Å². The maximum absolute atomic E-state index is 5.23. The van der Waals surface area contributed by atoms with Crippen LogP contribution in [-0.2, 0) is 5.75 Å². The number of rotatable bonds is 4. The number of hydrogen-bond acceptors (Lipinski definition) is 3. The van der Waals surface area contributed by atoms with Crippen molar-refractivity contribution in [3.05, 3.63) is 51.6 Å². The summed E-state index contributed by atoms with van der Waals surface area (Å²) in [4.78, 5) is 4.53. The molecule has 100 valence electrons. The van der Waals surface area contributed by atoms with Gasteiger partial charge in [-0.25, -0.2) is 4.98 Å². The molecule has 2 aromatic rings. The highest BCUT2D eigenvalue weighted by atomic mass is 79.9. The Morgan fingerprint density at radius 1 is 1.21 bits per heavy atom. The van der Waals surface area contributed by atoms with Crippen LogP contribution >= 0.6 is 27.7 Å². The molecule has 0 unspecified atom stereocenters. The highest BCUT2D eigenvalue weighted by Crippen LogP contribution is 2.29. The fourth-order valence-electron chi connectivity index (χ4n) is 1.84. The van der Waals surface area contributed by atoms with E-state index in [0.29, 0.717) is 0 Å². The van der Waals surface area contributed by atoms with E-state index >= 15 is 0 Å². The molecule has 0 amide bonds. The van der Waals surface area contributed by atoms with Gasteiger partial charge in [-0.15, -0.1) is 11.8 Å². The minimum Gasteiger partial charge on any atom is -0.496 e. The molecule has 19 heavy (non-hydrogen) atoms. The smallest absolute Gasteiger partial charge is 0.133 e. The number of nitrogens with zero attached hydrogens (tertiary/aromatic N) is 1. The maximum atomic E-state index is 5.23. The van der Waals surface area contributed by atoms with E-state index in [1.807, 2.05) is 13.0 Å². The minimum absolute atomic E-state index is 0.860. The third-order valence-electron chi connectivity index (χ3n) is 2.68. The van der Waals surface area contributed by atoms with Crippen LogP contribution < -0.4 is 4.74 Å². The number of halogens is 1. The maximum Gasteiger partial charge on any atom is 0.133 e. The summed E-state index contributed by atoms with van der Waals surface area (Å²) in [5, 5.41) is 1.07. The Labute approximate surface area is 126 Å². The quantitative estimate of drug-likeness (QED) is 0.750. The topological polar surface area (TPSA) is 22.1 Å². The van der Waals surface area contributed by atoms with Gasteiger partial charge in [0.15, 0.2) is 0 Å². The normalized spacial score (nSPS) is 10.5. The SMILES string of the molecule is COc1ccc(CSc2cc(C)cc(C)n2)cc1Br. The largest absolute Gasteiger partial charge is 0.496 e. The summed E-state index contributed by atoms with van der Waals surface area (Å²) in [6, 6.07) is 10.4. The summed E-state index contributed by atoms with van der Waals surface area (Å²) in [7, 11) is 1.67. The Morgan fingerprint density at radius 3 is 2.63 bits per heavy atom. The summed E-state index contributed by atoms with van der Waals surface area (Å²) in [6.07, 6.45) is 0. The predicted molar refractivity (Wildman–Crippen MR) is 84.0 cm³/mol. The average molecular weight is 338 g/mol. The van der Waals surface area contributed by atoms with Crippen molar-refractivity contribution in [2.75, 3.05) is 7.11 Å². The molecule has 4 heteroatoms. The second-order valence-electron chi connectivity index (χ2n) is 4.38. The first kappa shape index (κ1) is 14.4. The van der Waals surface area contributed by atoms with Crippen LogP contribution in [0.4, 0.5) is 0 Å². The fourth-order valence-corrected chi connectivity index (χ4v) is 3.40. The van der Waals surface area contributed by atoms with Crippen molar-refractivity contribution in [2.45, 2.75) is 24.6 Å². The van der Waals surface area contributed by atoms with Gasteiger partial charge in [-0.1, -0.05) is 6.07 Å². The Hall–Kier alpha value is -1.00. The first-order valence-corrected chi connectivity index (χ1v) is 7.77. The molecule has 1 heterocycles. The van der Waals surface area contributed by atoms with E-state index in [1.165, 1.54) is 11.1 Å². The first-order valence-electron chi connectivity index (χ1n) is 5.99. The molecule has 0 spiro atoms. The number of aryl methyl sites for hydroxylation is 2. The third kappa shape index (κ3) is 3.98. The molecule has 0 bridgehead atoms. The van der Waals surface area contributed by atoms with E-state index in [0.717, 1.165) is 26.7 Å². The number of thioether (sulfide) groups is 1. The molecule has 0 atom stereocenters. The van der Waals surface area contributed by atoms with Crippen molar-refractivity contribution in [2.24, 2.45) is 0 Å². The van der Waals surface area contributed by atoms with Gasteiger partial charge in [0.05, 0.1) is 16.6 Å². The molecule has 0 aliphatic heterocycles. The first-order chi connectivity index (χ1) is 9.08. The fraction of sp³-hybridized carbons (Fsp3) is 0.267. The molecule has 0 saturated carbocycles. The number of pyridine rings is 1. The Balaban J connectivity index is 2.08. The van der Waals surface area contributed by atoms with E-state index in [-0.39, 0.29) is 0 Å². The van der Waals surface area contributed by atoms with Crippen molar-refractivity contribution in [1.29, 1.82) is 0 Å². The molecular formula is C15H16BrNOS. The van der Waals surface area contributed by atoms with Gasteiger partial charge in [-0.05, 0) is 65.2 Å². The van der Waals surface area contributed by atoms with Crippen LogP contribution in [0.25, 0.3) is 0 Å². The van der Waals surface area contributed by atoms with Crippen LogP contribution in [0, 0.1) is 13.8 Å². The summed E-state index contributed by atoms with van der Waals surface area (Å²) >= 11 is 5.26. The number of methoxy groups -OCH3 is 1. The molecule has 1 aromatic carbocycles. The van der Waals surface area contributed by atoms with Crippen LogP contribution in [-0.4, -0.2) is 12.1 Å². The second-order valence-corrected chi connectivity index (χ2v) is 6.23. The van der Waals surface area contributed by atoms with Gasteiger partial charge in [0.2, 0.25) is 0 Å². The molecule has 2 rings (SSSR count). The molecule has 2 nitrogen and oxygen atoms in total. The second kappa shape index (κ2) is 6.44. The van der Waals surface area contributed by atoms with Crippen LogP contribution in [0.1, 0.15) is 16.8 Å². The highest BCUT2D eigenvalue weighted by molar-refractivity contribution is 9.10. The Morgan fingerprint density at radius 2 is 2.00 bits per heavy atom. The third-order valence-corrected chi connectivity index (χ3v) is 4.28. The molecule has 1 aromatic heterocycles. The van der Waals surface area contributed by atoms with Crippen molar-refractivity contribution >= 4 is 27.7 Å². The summed E-state index contributed by atoms with van der Waals surface area (Å²) in [6.45, 7) is 4.13. The monoisotopic (exact) mass is 337 g/mol. The van der Waals surface area contributed by atoms with Crippen molar-refractivity contribution < 1.29 is 4.74 Å². The number of ether oxygens (including phenoxy) is 1. The molecule has 0 radical (unpaired) electrons. The van der Waals surface area contributed by atoms with E-state index in [1.54, 1.807) is 18.9 Å². The lowest BCUT2D eigenvalue weighted by atomic mass is 10.2. The van der Waals surface area contributed by atoms with Gasteiger partial charge in [0, 0.05) is 11.4 Å². The summed E-state index contributed by atoms with van der Waals surface area (Å²) in [5.74, 6) is 1.76. The lowest BCUT2D eigenvalue weighted by molar-refractivity contribution is 0.412. The lowest BCUT2D eigenvalue weighted by Gasteiger charge is -2.07. The molecule has 0 aliphatic carbocycles. The zero-order chi connectivity index (χ0) is 13.8.